The third kappa shape index (κ3) is 8.80. The molecule has 0 atom stereocenters. The van der Waals surface area contributed by atoms with Crippen molar-refractivity contribution in [3.8, 4) is 0 Å². The van der Waals surface area contributed by atoms with Gasteiger partial charge in [0.2, 0.25) is 0 Å². The van der Waals surface area contributed by atoms with Crippen LogP contribution in [0, 0.1) is 5.82 Å². The van der Waals surface area contributed by atoms with Crippen LogP contribution in [0.25, 0.3) is 0 Å². The molecule has 1 aliphatic rings. The fourth-order valence-electron chi connectivity index (χ4n) is 2.64. The van der Waals surface area contributed by atoms with Crippen LogP contribution in [0.5, 0.6) is 0 Å². The fourth-order valence-corrected chi connectivity index (χ4v) is 2.64. The standard InChI is InChI=1S/C17H25FN2O2.C2H4O2/c1-17(2,3)22-16(21)20-11-12-4-5-15(18)14(10-12)13-6-8-19-9-7-13;1-2(3)4/h4-5,10,13,19H,6-9,11H2,1-3H3,(H,20,21);1H3,(H,3,4). The van der Waals surface area contributed by atoms with Gasteiger partial charge >= 0.3 is 6.09 Å². The van der Waals surface area contributed by atoms with Crippen LogP contribution in [-0.4, -0.2) is 35.9 Å². The van der Waals surface area contributed by atoms with Gasteiger partial charge in [-0.3, -0.25) is 4.79 Å². The Kier molecular flexibility index (Phi) is 8.51. The lowest BCUT2D eigenvalue weighted by molar-refractivity contribution is -0.134. The van der Waals surface area contributed by atoms with E-state index in [9.17, 15) is 9.18 Å². The Morgan fingerprint density at radius 2 is 1.88 bits per heavy atom. The number of alkyl carbamates (subject to hydrolysis) is 1. The SMILES string of the molecule is CC(=O)O.CC(C)(C)OC(=O)NCc1ccc(F)c(C2CCNCC2)c1. The van der Waals surface area contributed by atoms with Gasteiger partial charge in [0.25, 0.3) is 5.97 Å². The Labute approximate surface area is 154 Å². The molecule has 0 aliphatic carbocycles. The highest BCUT2D eigenvalue weighted by atomic mass is 19.1. The average Bonchev–Trinajstić information content (AvgIpc) is 2.53. The summed E-state index contributed by atoms with van der Waals surface area (Å²) in [6.07, 6.45) is 1.43. The van der Waals surface area contributed by atoms with Crippen LogP contribution >= 0.6 is 0 Å². The first-order chi connectivity index (χ1) is 12.1. The third-order valence-electron chi connectivity index (χ3n) is 3.68. The molecule has 7 heteroatoms. The molecular formula is C19H29FN2O4. The topological polar surface area (TPSA) is 87.7 Å². The maximum Gasteiger partial charge on any atom is 0.407 e. The molecule has 1 aromatic carbocycles. The van der Waals surface area contributed by atoms with E-state index in [4.69, 9.17) is 14.6 Å². The van der Waals surface area contributed by atoms with Crippen molar-refractivity contribution in [2.75, 3.05) is 13.1 Å². The number of nitrogens with one attached hydrogen (secondary N) is 2. The number of rotatable bonds is 3. The Bertz CT molecular complexity index is 604. The number of halogens is 1. The number of carbonyl (C=O) groups excluding carboxylic acids is 1. The summed E-state index contributed by atoms with van der Waals surface area (Å²) in [4.78, 5) is 20.7. The molecule has 0 bridgehead atoms. The van der Waals surface area contributed by atoms with Crippen molar-refractivity contribution in [1.82, 2.24) is 10.6 Å². The fraction of sp³-hybridized carbons (Fsp3) is 0.579. The summed E-state index contributed by atoms with van der Waals surface area (Å²) < 4.78 is 19.2. The number of amides is 1. The zero-order valence-corrected chi connectivity index (χ0v) is 15.9. The first-order valence-electron chi connectivity index (χ1n) is 8.74. The highest BCUT2D eigenvalue weighted by Gasteiger charge is 2.19. The van der Waals surface area contributed by atoms with Gasteiger partial charge in [-0.25, -0.2) is 9.18 Å². The van der Waals surface area contributed by atoms with E-state index in [1.54, 1.807) is 6.07 Å². The molecule has 3 N–H and O–H groups in total. The second kappa shape index (κ2) is 10.1. The Morgan fingerprint density at radius 1 is 1.31 bits per heavy atom. The normalized spacial score (nSPS) is 14.8. The highest BCUT2D eigenvalue weighted by Crippen LogP contribution is 2.28. The van der Waals surface area contributed by atoms with Crippen LogP contribution in [0.2, 0.25) is 0 Å². The number of carbonyl (C=O) groups is 2. The summed E-state index contributed by atoms with van der Waals surface area (Å²) in [6, 6.07) is 5.06. The number of hydrogen-bond acceptors (Lipinski definition) is 4. The van der Waals surface area contributed by atoms with E-state index in [1.807, 2.05) is 26.8 Å². The van der Waals surface area contributed by atoms with Crippen LogP contribution in [-0.2, 0) is 16.1 Å². The van der Waals surface area contributed by atoms with Crippen molar-refractivity contribution in [2.45, 2.75) is 58.6 Å². The van der Waals surface area contributed by atoms with Crippen molar-refractivity contribution in [3.05, 3.63) is 35.1 Å². The van der Waals surface area contributed by atoms with E-state index in [1.165, 1.54) is 6.07 Å². The van der Waals surface area contributed by atoms with Crippen LogP contribution in [0.1, 0.15) is 57.6 Å². The van der Waals surface area contributed by atoms with Crippen molar-refractivity contribution >= 4 is 12.1 Å². The van der Waals surface area contributed by atoms with Crippen molar-refractivity contribution in [3.63, 3.8) is 0 Å². The molecule has 1 aromatic rings. The number of piperidine rings is 1. The average molecular weight is 368 g/mol. The number of ether oxygens (including phenoxy) is 1. The van der Waals surface area contributed by atoms with Crippen molar-refractivity contribution in [2.24, 2.45) is 0 Å². The van der Waals surface area contributed by atoms with E-state index >= 15 is 0 Å². The zero-order chi connectivity index (χ0) is 19.7. The maximum absolute atomic E-state index is 14.0. The molecule has 146 valence electrons. The monoisotopic (exact) mass is 368 g/mol. The summed E-state index contributed by atoms with van der Waals surface area (Å²) in [5.41, 5.74) is 1.12. The lowest BCUT2D eigenvalue weighted by Gasteiger charge is -2.24. The van der Waals surface area contributed by atoms with Gasteiger partial charge in [-0.1, -0.05) is 12.1 Å². The molecule has 0 radical (unpaired) electrons. The first kappa shape index (κ1) is 21.9. The van der Waals surface area contributed by atoms with Crippen LogP contribution < -0.4 is 10.6 Å². The molecule has 1 heterocycles. The molecule has 2 rings (SSSR count). The van der Waals surface area contributed by atoms with E-state index in [-0.39, 0.29) is 11.7 Å². The molecule has 0 spiro atoms. The van der Waals surface area contributed by atoms with Gasteiger partial charge in [0.15, 0.2) is 0 Å². The quantitative estimate of drug-likeness (QED) is 0.761. The minimum Gasteiger partial charge on any atom is -0.481 e. The van der Waals surface area contributed by atoms with Crippen LogP contribution in [0.4, 0.5) is 9.18 Å². The van der Waals surface area contributed by atoms with E-state index < -0.39 is 17.7 Å². The second-order valence-corrected chi connectivity index (χ2v) is 7.25. The van der Waals surface area contributed by atoms with Gasteiger partial charge in [0.05, 0.1) is 0 Å². The minimum absolute atomic E-state index is 0.159. The number of carboxylic acid groups (broad SMARTS) is 1. The molecular weight excluding hydrogens is 339 g/mol. The Morgan fingerprint density at radius 3 is 2.42 bits per heavy atom. The largest absolute Gasteiger partial charge is 0.481 e. The Hall–Kier alpha value is -2.15. The van der Waals surface area contributed by atoms with Crippen LogP contribution in [0.3, 0.4) is 0 Å². The summed E-state index contributed by atoms with van der Waals surface area (Å²) >= 11 is 0. The minimum atomic E-state index is -0.833. The number of benzene rings is 1. The van der Waals surface area contributed by atoms with Crippen molar-refractivity contribution < 1.29 is 23.8 Å². The molecule has 1 saturated heterocycles. The molecule has 0 aromatic heterocycles. The summed E-state index contributed by atoms with van der Waals surface area (Å²) in [5, 5.41) is 13.4. The maximum atomic E-state index is 14.0. The van der Waals surface area contributed by atoms with Gasteiger partial charge in [-0.15, -0.1) is 0 Å². The van der Waals surface area contributed by atoms with Gasteiger partial charge < -0.3 is 20.5 Å². The molecule has 26 heavy (non-hydrogen) atoms. The molecule has 1 amide bonds. The molecule has 1 fully saturated rings. The lowest BCUT2D eigenvalue weighted by atomic mass is 9.89. The number of aliphatic carboxylic acids is 1. The third-order valence-corrected chi connectivity index (χ3v) is 3.68. The molecule has 1 aliphatic heterocycles. The van der Waals surface area contributed by atoms with E-state index in [0.717, 1.165) is 44.0 Å². The van der Waals surface area contributed by atoms with Crippen molar-refractivity contribution in [1.29, 1.82) is 0 Å². The lowest BCUT2D eigenvalue weighted by Crippen LogP contribution is -2.32. The molecule has 0 saturated carbocycles. The van der Waals surface area contributed by atoms with Gasteiger partial charge in [0, 0.05) is 13.5 Å². The summed E-state index contributed by atoms with van der Waals surface area (Å²) in [5.74, 6) is -0.740. The van der Waals surface area contributed by atoms with E-state index in [0.29, 0.717) is 6.54 Å². The molecule has 0 unspecified atom stereocenters. The summed E-state index contributed by atoms with van der Waals surface area (Å²) in [6.45, 7) is 8.72. The predicted molar refractivity (Wildman–Crippen MR) is 97.6 cm³/mol. The predicted octanol–water partition coefficient (Wildman–Crippen LogP) is 3.41. The van der Waals surface area contributed by atoms with Gasteiger partial charge in [-0.05, 0) is 69.8 Å². The summed E-state index contributed by atoms with van der Waals surface area (Å²) in [7, 11) is 0. The second-order valence-electron chi connectivity index (χ2n) is 7.25. The Balaban J connectivity index is 0.000000765. The zero-order valence-electron chi connectivity index (χ0n) is 15.9. The van der Waals surface area contributed by atoms with Crippen LogP contribution in [0.15, 0.2) is 18.2 Å². The molecule has 6 nitrogen and oxygen atoms in total. The van der Waals surface area contributed by atoms with E-state index in [2.05, 4.69) is 10.6 Å². The highest BCUT2D eigenvalue weighted by molar-refractivity contribution is 5.67. The number of hydrogen-bond donors (Lipinski definition) is 3. The van der Waals surface area contributed by atoms with Gasteiger partial charge in [-0.2, -0.15) is 0 Å². The first-order valence-corrected chi connectivity index (χ1v) is 8.74. The number of carboxylic acids is 1. The smallest absolute Gasteiger partial charge is 0.407 e. The van der Waals surface area contributed by atoms with Gasteiger partial charge in [0.1, 0.15) is 11.4 Å².